The number of H-pyrrole nitrogens is 1. The lowest BCUT2D eigenvalue weighted by molar-refractivity contribution is 0.0174. The molecule has 2 unspecified atom stereocenters. The van der Waals surface area contributed by atoms with E-state index in [9.17, 15) is 8.42 Å². The van der Waals surface area contributed by atoms with Gasteiger partial charge in [0.05, 0.1) is 28.6 Å². The molecule has 0 radical (unpaired) electrons. The summed E-state index contributed by atoms with van der Waals surface area (Å²) in [7, 11) is -3.53. The second-order valence-corrected chi connectivity index (χ2v) is 12.0. The predicted molar refractivity (Wildman–Crippen MR) is 142 cm³/mol. The molecular weight excluding hydrogens is 490 g/mol. The molecule has 0 bridgehead atoms. The van der Waals surface area contributed by atoms with Gasteiger partial charge in [-0.2, -0.15) is 4.31 Å². The topological polar surface area (TPSA) is 116 Å². The molecular formula is C26H35N7O3S. The van der Waals surface area contributed by atoms with Gasteiger partial charge >= 0.3 is 0 Å². The Bertz CT molecular complexity index is 1300. The summed E-state index contributed by atoms with van der Waals surface area (Å²) in [6, 6.07) is 9.01. The summed E-state index contributed by atoms with van der Waals surface area (Å²) in [5.41, 5.74) is 2.27. The Kier molecular flexibility index (Phi) is 7.57. The largest absolute Gasteiger partial charge is 0.378 e. The summed E-state index contributed by atoms with van der Waals surface area (Å²) in [4.78, 5) is 19.5. The van der Waals surface area contributed by atoms with Crippen LogP contribution < -0.4 is 5.32 Å². The average molecular weight is 526 g/mol. The molecule has 3 aromatic rings. The van der Waals surface area contributed by atoms with Gasteiger partial charge in [-0.15, -0.1) is 0 Å². The Morgan fingerprint density at radius 1 is 1.08 bits per heavy atom. The average Bonchev–Trinajstić information content (AvgIpc) is 3.40. The van der Waals surface area contributed by atoms with E-state index in [0.717, 1.165) is 49.8 Å². The Balaban J connectivity index is 1.24. The molecule has 37 heavy (non-hydrogen) atoms. The van der Waals surface area contributed by atoms with E-state index < -0.39 is 10.0 Å². The van der Waals surface area contributed by atoms with E-state index in [1.54, 1.807) is 34.8 Å². The highest BCUT2D eigenvalue weighted by Crippen LogP contribution is 2.29. The fourth-order valence-electron chi connectivity index (χ4n) is 4.94. The SMILES string of the molecule is CC1CC(c2ncc(-c3ccnc(Nc4ccc(S(=O)(=O)N5CCN(C(C)C)CC5)cc4)n3)[nH]2)CCO1. The Morgan fingerprint density at radius 3 is 2.54 bits per heavy atom. The van der Waals surface area contributed by atoms with Crippen molar-refractivity contribution in [1.29, 1.82) is 0 Å². The molecule has 2 aliphatic rings. The van der Waals surface area contributed by atoms with Crippen LogP contribution in [0.4, 0.5) is 11.6 Å². The van der Waals surface area contributed by atoms with Crippen LogP contribution in [0.25, 0.3) is 11.4 Å². The third-order valence-electron chi connectivity index (χ3n) is 7.15. The number of hydrogen-bond acceptors (Lipinski definition) is 8. The zero-order chi connectivity index (χ0) is 26.0. The van der Waals surface area contributed by atoms with Gasteiger partial charge in [0.15, 0.2) is 0 Å². The minimum Gasteiger partial charge on any atom is -0.378 e. The lowest BCUT2D eigenvalue weighted by atomic mass is 9.96. The molecule has 11 heteroatoms. The highest BCUT2D eigenvalue weighted by molar-refractivity contribution is 7.89. The number of rotatable bonds is 7. The summed E-state index contributed by atoms with van der Waals surface area (Å²) < 4.78 is 33.5. The van der Waals surface area contributed by atoms with Crippen molar-refractivity contribution in [3.05, 3.63) is 48.5 Å². The molecule has 10 nitrogen and oxygen atoms in total. The smallest absolute Gasteiger partial charge is 0.243 e. The quantitative estimate of drug-likeness (QED) is 0.481. The molecule has 5 rings (SSSR count). The number of ether oxygens (including phenoxy) is 1. The Hall–Kier alpha value is -2.86. The maximum absolute atomic E-state index is 13.1. The number of sulfonamides is 1. The molecule has 0 amide bonds. The van der Waals surface area contributed by atoms with Crippen LogP contribution in [-0.4, -0.2) is 82.5 Å². The van der Waals surface area contributed by atoms with Gasteiger partial charge in [0, 0.05) is 56.6 Å². The molecule has 2 saturated heterocycles. The second-order valence-electron chi connectivity index (χ2n) is 10.0. The molecule has 2 fully saturated rings. The van der Waals surface area contributed by atoms with Gasteiger partial charge in [-0.3, -0.25) is 4.90 Å². The molecule has 2 N–H and O–H groups in total. The van der Waals surface area contributed by atoms with Crippen LogP contribution in [0.5, 0.6) is 0 Å². The van der Waals surface area contributed by atoms with Gasteiger partial charge in [-0.05, 0) is 63.9 Å². The van der Waals surface area contributed by atoms with Gasteiger partial charge < -0.3 is 15.0 Å². The van der Waals surface area contributed by atoms with Crippen LogP contribution in [0.1, 0.15) is 45.4 Å². The number of piperazine rings is 1. The molecule has 2 atom stereocenters. The molecule has 2 aromatic heterocycles. The molecule has 0 saturated carbocycles. The van der Waals surface area contributed by atoms with Crippen molar-refractivity contribution in [2.45, 2.75) is 56.6 Å². The van der Waals surface area contributed by atoms with Crippen LogP contribution in [0.3, 0.4) is 0 Å². The van der Waals surface area contributed by atoms with Gasteiger partial charge in [0.25, 0.3) is 0 Å². The van der Waals surface area contributed by atoms with Crippen molar-refractivity contribution >= 4 is 21.7 Å². The summed E-state index contributed by atoms with van der Waals surface area (Å²) in [6.07, 6.45) is 5.63. The van der Waals surface area contributed by atoms with Crippen LogP contribution in [-0.2, 0) is 14.8 Å². The summed E-state index contributed by atoms with van der Waals surface area (Å²) in [6.45, 7) is 9.61. The number of nitrogens with one attached hydrogen (secondary N) is 2. The molecule has 198 valence electrons. The minimum absolute atomic E-state index is 0.235. The number of imidazole rings is 1. The van der Waals surface area contributed by atoms with Crippen molar-refractivity contribution in [2.75, 3.05) is 38.1 Å². The number of hydrogen-bond donors (Lipinski definition) is 2. The number of nitrogens with zero attached hydrogens (tertiary/aromatic N) is 5. The Labute approximate surface area is 218 Å². The lowest BCUT2D eigenvalue weighted by Crippen LogP contribution is -2.50. The third kappa shape index (κ3) is 5.85. The first kappa shape index (κ1) is 25.8. The van der Waals surface area contributed by atoms with Crippen molar-refractivity contribution in [3.8, 4) is 11.4 Å². The lowest BCUT2D eigenvalue weighted by Gasteiger charge is -2.36. The molecule has 0 aliphatic carbocycles. The van der Waals surface area contributed by atoms with E-state index in [4.69, 9.17) is 4.74 Å². The van der Waals surface area contributed by atoms with E-state index in [1.807, 2.05) is 12.3 Å². The first-order valence-corrected chi connectivity index (χ1v) is 14.3. The highest BCUT2D eigenvalue weighted by atomic mass is 32.2. The van der Waals surface area contributed by atoms with E-state index in [0.29, 0.717) is 36.7 Å². The van der Waals surface area contributed by atoms with Gasteiger partial charge in [0.2, 0.25) is 16.0 Å². The van der Waals surface area contributed by atoms with Gasteiger partial charge in [-0.25, -0.2) is 23.4 Å². The second kappa shape index (κ2) is 10.9. The highest BCUT2D eigenvalue weighted by Gasteiger charge is 2.29. The first-order chi connectivity index (χ1) is 17.8. The van der Waals surface area contributed by atoms with E-state index in [2.05, 4.69) is 50.9 Å². The standard InChI is InChI=1S/C26H35N7O3S/c1-18(2)32-11-13-33(14-12-32)37(34,35)22-6-4-21(5-7-22)29-26-27-10-8-23(31-26)24-17-28-25(30-24)20-9-15-36-19(3)16-20/h4-8,10,17-20H,9,11-16H2,1-3H3,(H,28,30)(H,27,29,31). The molecule has 2 aliphatic heterocycles. The van der Waals surface area contributed by atoms with Crippen LogP contribution in [0, 0.1) is 0 Å². The fraction of sp³-hybridized carbons (Fsp3) is 0.500. The maximum atomic E-state index is 13.1. The van der Waals surface area contributed by atoms with Crippen molar-refractivity contribution in [2.24, 2.45) is 0 Å². The van der Waals surface area contributed by atoms with Crippen molar-refractivity contribution in [1.82, 2.24) is 29.1 Å². The molecule has 4 heterocycles. The minimum atomic E-state index is -3.53. The number of anilines is 2. The van der Waals surface area contributed by atoms with Gasteiger partial charge in [-0.1, -0.05) is 0 Å². The monoisotopic (exact) mass is 525 g/mol. The number of benzene rings is 1. The Morgan fingerprint density at radius 2 is 1.84 bits per heavy atom. The van der Waals surface area contributed by atoms with Crippen LogP contribution >= 0.6 is 0 Å². The third-order valence-corrected chi connectivity index (χ3v) is 9.06. The van der Waals surface area contributed by atoms with Gasteiger partial charge in [0.1, 0.15) is 5.82 Å². The molecule has 1 aromatic carbocycles. The van der Waals surface area contributed by atoms with Crippen LogP contribution in [0.2, 0.25) is 0 Å². The molecule has 0 spiro atoms. The van der Waals surface area contributed by atoms with E-state index >= 15 is 0 Å². The summed E-state index contributed by atoms with van der Waals surface area (Å²) in [5.74, 6) is 1.74. The van der Waals surface area contributed by atoms with E-state index in [1.165, 1.54) is 0 Å². The van der Waals surface area contributed by atoms with Crippen molar-refractivity contribution in [3.63, 3.8) is 0 Å². The van der Waals surface area contributed by atoms with Crippen LogP contribution in [0.15, 0.2) is 47.6 Å². The number of aromatic nitrogens is 4. The van der Waals surface area contributed by atoms with Crippen molar-refractivity contribution < 1.29 is 13.2 Å². The summed E-state index contributed by atoms with van der Waals surface area (Å²) >= 11 is 0. The number of aromatic amines is 1. The summed E-state index contributed by atoms with van der Waals surface area (Å²) in [5, 5.41) is 3.18. The first-order valence-electron chi connectivity index (χ1n) is 12.9. The zero-order valence-corrected chi connectivity index (χ0v) is 22.4. The normalized spacial score (nSPS) is 21.8. The fourth-order valence-corrected chi connectivity index (χ4v) is 6.36. The zero-order valence-electron chi connectivity index (χ0n) is 21.6. The maximum Gasteiger partial charge on any atom is 0.243 e. The predicted octanol–water partition coefficient (Wildman–Crippen LogP) is 3.61. The van der Waals surface area contributed by atoms with E-state index in [-0.39, 0.29) is 11.0 Å².